The Hall–Kier alpha value is -5.48. The summed E-state index contributed by atoms with van der Waals surface area (Å²) in [5.41, 5.74) is 3.93. The second kappa shape index (κ2) is 10.4. The fraction of sp³-hybridized carbons (Fsp3) is 0.176. The minimum Gasteiger partial charge on any atom is -0.485 e. The van der Waals surface area contributed by atoms with Crippen molar-refractivity contribution in [2.45, 2.75) is 18.4 Å². The zero-order chi connectivity index (χ0) is 29.7. The van der Waals surface area contributed by atoms with Gasteiger partial charge in [0.25, 0.3) is 0 Å². The van der Waals surface area contributed by atoms with Crippen molar-refractivity contribution in [3.8, 4) is 34.1 Å². The van der Waals surface area contributed by atoms with Crippen molar-refractivity contribution in [3.63, 3.8) is 0 Å². The summed E-state index contributed by atoms with van der Waals surface area (Å²) in [5.74, 6) is -0.631. The fourth-order valence-electron chi connectivity index (χ4n) is 6.52. The largest absolute Gasteiger partial charge is 0.485 e. The predicted octanol–water partition coefficient (Wildman–Crippen LogP) is 5.07. The Morgan fingerprint density at radius 3 is 2.41 bits per heavy atom. The molecule has 1 saturated heterocycles. The number of Topliss-reactive ketones (excluding diaryl/α,β-unsaturated/α-hetero) is 2. The molecule has 4 aromatic carbocycles. The van der Waals surface area contributed by atoms with Crippen molar-refractivity contribution in [1.82, 2.24) is 35.7 Å². The molecule has 0 saturated carbocycles. The van der Waals surface area contributed by atoms with Crippen LogP contribution in [0.5, 0.6) is 5.75 Å². The topological polar surface area (TPSA) is 128 Å². The molecule has 4 heterocycles. The fourth-order valence-corrected chi connectivity index (χ4v) is 6.52. The average molecular weight is 582 g/mol. The van der Waals surface area contributed by atoms with Gasteiger partial charge in [0.2, 0.25) is 0 Å². The molecule has 2 N–H and O–H groups in total. The molecule has 6 aromatic rings. The molecule has 10 heteroatoms. The molecule has 1 spiro atoms. The third kappa shape index (κ3) is 4.22. The lowest BCUT2D eigenvalue weighted by molar-refractivity contribution is -0.0138. The molecule has 0 amide bonds. The van der Waals surface area contributed by atoms with Crippen molar-refractivity contribution in [2.24, 2.45) is 5.92 Å². The van der Waals surface area contributed by atoms with Crippen molar-refractivity contribution in [3.05, 3.63) is 108 Å². The number of piperidine rings is 1. The maximum Gasteiger partial charge on any atom is 0.181 e. The first-order valence-electron chi connectivity index (χ1n) is 14.6. The van der Waals surface area contributed by atoms with Gasteiger partial charge in [0.15, 0.2) is 17.4 Å². The number of para-hydroxylation sites is 1. The number of hydrogen-bond acceptors (Lipinski definition) is 8. The molecule has 10 nitrogen and oxygen atoms in total. The first-order chi connectivity index (χ1) is 21.6. The summed E-state index contributed by atoms with van der Waals surface area (Å²) >= 11 is 0. The maximum atomic E-state index is 14.6. The van der Waals surface area contributed by atoms with Gasteiger partial charge in [0.1, 0.15) is 23.0 Å². The Balaban J connectivity index is 1.26. The highest BCUT2D eigenvalue weighted by atomic mass is 16.5. The Morgan fingerprint density at radius 2 is 1.66 bits per heavy atom. The number of carbonyl (C=O) groups excluding carboxylic acids is 2. The Bertz CT molecular complexity index is 2010. The van der Waals surface area contributed by atoms with Crippen LogP contribution in [0.1, 0.15) is 33.6 Å². The van der Waals surface area contributed by atoms with Crippen molar-refractivity contribution < 1.29 is 14.3 Å². The quantitative estimate of drug-likeness (QED) is 0.213. The third-order valence-corrected chi connectivity index (χ3v) is 8.69. The summed E-state index contributed by atoms with van der Waals surface area (Å²) in [6.45, 7) is 1.29. The molecular weight excluding hydrogens is 554 g/mol. The number of aromatic amines is 1. The van der Waals surface area contributed by atoms with Crippen LogP contribution in [0.4, 0.5) is 0 Å². The molecule has 216 valence electrons. The first-order valence-corrected chi connectivity index (χ1v) is 14.6. The van der Waals surface area contributed by atoms with Crippen molar-refractivity contribution in [1.29, 1.82) is 0 Å². The third-order valence-electron chi connectivity index (χ3n) is 8.69. The summed E-state index contributed by atoms with van der Waals surface area (Å²) in [5, 5.41) is 23.3. The highest BCUT2D eigenvalue weighted by Gasteiger charge is 2.53. The minimum atomic E-state index is -1.01. The van der Waals surface area contributed by atoms with Crippen LogP contribution >= 0.6 is 0 Å². The number of fused-ring (bicyclic) bond motifs is 2. The molecule has 0 bridgehead atoms. The normalized spacial score (nSPS) is 17.4. The molecule has 0 unspecified atom stereocenters. The van der Waals surface area contributed by atoms with Gasteiger partial charge in [-0.15, -0.1) is 5.10 Å². The highest BCUT2D eigenvalue weighted by Crippen LogP contribution is 2.44. The van der Waals surface area contributed by atoms with Crippen LogP contribution in [0, 0.1) is 5.92 Å². The van der Waals surface area contributed by atoms with E-state index in [1.807, 2.05) is 89.6 Å². The van der Waals surface area contributed by atoms with E-state index in [1.165, 1.54) is 0 Å². The van der Waals surface area contributed by atoms with E-state index in [0.29, 0.717) is 54.2 Å². The smallest absolute Gasteiger partial charge is 0.181 e. The summed E-state index contributed by atoms with van der Waals surface area (Å²) in [6.07, 6.45) is 1.06. The van der Waals surface area contributed by atoms with Crippen LogP contribution in [-0.4, -0.2) is 60.7 Å². The second-order valence-corrected chi connectivity index (χ2v) is 11.2. The molecule has 2 aliphatic rings. The summed E-state index contributed by atoms with van der Waals surface area (Å²) in [4.78, 5) is 29.0. The lowest BCUT2D eigenvalue weighted by Crippen LogP contribution is -2.58. The van der Waals surface area contributed by atoms with E-state index < -0.39 is 11.5 Å². The Labute approximate surface area is 252 Å². The van der Waals surface area contributed by atoms with Crippen LogP contribution in [0.15, 0.2) is 97.1 Å². The highest BCUT2D eigenvalue weighted by molar-refractivity contribution is 6.19. The number of carbonyl (C=O) groups is 2. The molecule has 44 heavy (non-hydrogen) atoms. The van der Waals surface area contributed by atoms with E-state index in [2.05, 4.69) is 25.9 Å². The average Bonchev–Trinajstić information content (AvgIpc) is 3.75. The number of ether oxygens (including phenoxy) is 1. The Kier molecular flexibility index (Phi) is 6.16. The first kappa shape index (κ1) is 26.2. The maximum absolute atomic E-state index is 14.6. The van der Waals surface area contributed by atoms with Gasteiger partial charge in [-0.1, -0.05) is 54.6 Å². The zero-order valence-corrected chi connectivity index (χ0v) is 23.6. The van der Waals surface area contributed by atoms with Gasteiger partial charge in [-0.25, -0.2) is 9.78 Å². The SMILES string of the molecule is O=C(c1ccc2c(-c3ccccc3)nn(-c3ccccc3)c2c1)[C@@H]1C(=O)c2cc(-c3nnn[nH]3)ccc2OC12CCNCC2. The van der Waals surface area contributed by atoms with Crippen LogP contribution in [0.3, 0.4) is 0 Å². The number of aromatic nitrogens is 6. The van der Waals surface area contributed by atoms with E-state index in [0.717, 1.165) is 27.8 Å². The van der Waals surface area contributed by atoms with Crippen LogP contribution in [0.2, 0.25) is 0 Å². The van der Waals surface area contributed by atoms with E-state index in [-0.39, 0.29) is 11.6 Å². The number of ketones is 2. The van der Waals surface area contributed by atoms with Gasteiger partial charge < -0.3 is 10.1 Å². The second-order valence-electron chi connectivity index (χ2n) is 11.2. The van der Waals surface area contributed by atoms with Gasteiger partial charge in [0, 0.05) is 34.9 Å². The van der Waals surface area contributed by atoms with Gasteiger partial charge in [-0.3, -0.25) is 9.59 Å². The van der Waals surface area contributed by atoms with Gasteiger partial charge in [0.05, 0.1) is 16.8 Å². The van der Waals surface area contributed by atoms with E-state index in [4.69, 9.17) is 9.84 Å². The monoisotopic (exact) mass is 581 g/mol. The number of nitrogens with one attached hydrogen (secondary N) is 2. The Morgan fingerprint density at radius 1 is 0.886 bits per heavy atom. The molecular formula is C34H27N7O3. The number of rotatable bonds is 5. The van der Waals surface area contributed by atoms with E-state index >= 15 is 0 Å². The summed E-state index contributed by atoms with van der Waals surface area (Å²) in [7, 11) is 0. The number of H-pyrrole nitrogens is 1. The van der Waals surface area contributed by atoms with Crippen LogP contribution < -0.4 is 10.1 Å². The molecule has 2 aliphatic heterocycles. The lowest BCUT2D eigenvalue weighted by atomic mass is 9.70. The summed E-state index contributed by atoms with van der Waals surface area (Å²) in [6, 6.07) is 30.7. The van der Waals surface area contributed by atoms with Gasteiger partial charge >= 0.3 is 0 Å². The molecule has 0 aliphatic carbocycles. The zero-order valence-electron chi connectivity index (χ0n) is 23.6. The van der Waals surface area contributed by atoms with Gasteiger partial charge in [-0.2, -0.15) is 5.10 Å². The standard InChI is InChI=1S/C34H27N7O3/c42-31(22-11-13-25-27(20-22)41(24-9-5-2-6-10-24)38-30(25)21-7-3-1-4-8-21)29-32(43)26-19-23(33-36-39-40-37-33)12-14-28(26)44-34(29)15-17-35-18-16-34/h1-14,19-20,29,35H,15-18H2,(H,36,37,39,40)/t29-/m1/s1. The predicted molar refractivity (Wildman–Crippen MR) is 164 cm³/mol. The molecule has 1 atom stereocenters. The number of benzene rings is 4. The molecule has 0 radical (unpaired) electrons. The number of tetrazole rings is 1. The lowest BCUT2D eigenvalue weighted by Gasteiger charge is -2.45. The van der Waals surface area contributed by atoms with E-state index in [9.17, 15) is 9.59 Å². The summed E-state index contributed by atoms with van der Waals surface area (Å²) < 4.78 is 8.50. The number of hydrogen-bond donors (Lipinski definition) is 2. The number of nitrogens with zero attached hydrogens (tertiary/aromatic N) is 5. The van der Waals surface area contributed by atoms with E-state index in [1.54, 1.807) is 12.1 Å². The van der Waals surface area contributed by atoms with Crippen molar-refractivity contribution in [2.75, 3.05) is 13.1 Å². The molecule has 8 rings (SSSR count). The van der Waals surface area contributed by atoms with Crippen LogP contribution in [-0.2, 0) is 0 Å². The van der Waals surface area contributed by atoms with Crippen molar-refractivity contribution >= 4 is 22.5 Å². The molecule has 2 aromatic heterocycles. The van der Waals surface area contributed by atoms with Crippen LogP contribution in [0.25, 0.3) is 39.2 Å². The molecule has 1 fully saturated rings. The minimum absolute atomic E-state index is 0.255. The van der Waals surface area contributed by atoms with Gasteiger partial charge in [-0.05, 0) is 66.0 Å².